The molecular formula is C14H10FN3O. The van der Waals surface area contributed by atoms with Gasteiger partial charge in [0.05, 0.1) is 11.9 Å². The highest BCUT2D eigenvalue weighted by Gasteiger charge is 2.04. The second kappa shape index (κ2) is 4.53. The zero-order valence-electron chi connectivity index (χ0n) is 9.88. The summed E-state index contributed by atoms with van der Waals surface area (Å²) in [6, 6.07) is 9.08. The maximum Gasteiger partial charge on any atom is 0.255 e. The lowest BCUT2D eigenvalue weighted by Crippen LogP contribution is -2.16. The van der Waals surface area contributed by atoms with Gasteiger partial charge in [-0.15, -0.1) is 0 Å². The van der Waals surface area contributed by atoms with Crippen LogP contribution < -0.4 is 5.56 Å². The van der Waals surface area contributed by atoms with Crippen molar-refractivity contribution in [1.82, 2.24) is 14.8 Å². The number of benzene rings is 1. The number of nitrogens with one attached hydrogen (secondary N) is 1. The van der Waals surface area contributed by atoms with Crippen LogP contribution in [0.3, 0.4) is 0 Å². The largest absolute Gasteiger partial charge is 0.285 e. The van der Waals surface area contributed by atoms with Gasteiger partial charge in [0.1, 0.15) is 5.82 Å². The predicted octanol–water partition coefficient (Wildman–Crippen LogP) is 2.37. The van der Waals surface area contributed by atoms with Crippen molar-refractivity contribution in [1.29, 1.82) is 0 Å². The SMILES string of the molecule is O=c1ccc(-c2cn[nH]c2)cn1-c1cccc(F)c1. The first-order chi connectivity index (χ1) is 9.24. The van der Waals surface area contributed by atoms with E-state index < -0.39 is 0 Å². The van der Waals surface area contributed by atoms with Crippen LogP contribution in [0.2, 0.25) is 0 Å². The van der Waals surface area contributed by atoms with Gasteiger partial charge >= 0.3 is 0 Å². The number of hydrogen-bond acceptors (Lipinski definition) is 2. The lowest BCUT2D eigenvalue weighted by atomic mass is 10.1. The topological polar surface area (TPSA) is 50.7 Å². The molecule has 2 heterocycles. The minimum Gasteiger partial charge on any atom is -0.285 e. The van der Waals surface area contributed by atoms with E-state index in [-0.39, 0.29) is 11.4 Å². The summed E-state index contributed by atoms with van der Waals surface area (Å²) in [6.45, 7) is 0. The molecule has 0 atom stereocenters. The molecule has 3 rings (SSSR count). The van der Waals surface area contributed by atoms with Crippen LogP contribution in [0, 0.1) is 5.82 Å². The zero-order chi connectivity index (χ0) is 13.2. The third kappa shape index (κ3) is 2.18. The highest BCUT2D eigenvalue weighted by Crippen LogP contribution is 2.17. The fraction of sp³-hybridized carbons (Fsp3) is 0. The molecule has 2 aromatic heterocycles. The van der Waals surface area contributed by atoms with Crippen LogP contribution in [0.15, 0.2) is 59.8 Å². The molecule has 0 unspecified atom stereocenters. The van der Waals surface area contributed by atoms with E-state index in [4.69, 9.17) is 0 Å². The average Bonchev–Trinajstić information content (AvgIpc) is 2.93. The second-order valence-corrected chi connectivity index (χ2v) is 4.09. The van der Waals surface area contributed by atoms with Crippen LogP contribution in [0.25, 0.3) is 16.8 Å². The van der Waals surface area contributed by atoms with Gasteiger partial charge in [-0.25, -0.2) is 4.39 Å². The summed E-state index contributed by atoms with van der Waals surface area (Å²) in [5.74, 6) is -0.377. The Balaban J connectivity index is 2.16. The van der Waals surface area contributed by atoms with Gasteiger partial charge in [-0.2, -0.15) is 5.10 Å². The van der Waals surface area contributed by atoms with Crippen LogP contribution in [-0.4, -0.2) is 14.8 Å². The standard InChI is InChI=1S/C14H10FN3O/c15-12-2-1-3-13(6-12)18-9-10(4-5-14(18)19)11-7-16-17-8-11/h1-9H,(H,16,17). The fourth-order valence-corrected chi connectivity index (χ4v) is 1.89. The third-order valence-electron chi connectivity index (χ3n) is 2.83. The number of hydrogen-bond donors (Lipinski definition) is 1. The molecule has 19 heavy (non-hydrogen) atoms. The van der Waals surface area contributed by atoms with Crippen molar-refractivity contribution in [2.45, 2.75) is 0 Å². The molecule has 0 amide bonds. The Hall–Kier alpha value is -2.69. The molecule has 0 fully saturated rings. The van der Waals surface area contributed by atoms with Crippen LogP contribution >= 0.6 is 0 Å². The molecule has 0 radical (unpaired) electrons. The lowest BCUT2D eigenvalue weighted by Gasteiger charge is -2.07. The molecule has 3 aromatic rings. The van der Waals surface area contributed by atoms with E-state index in [2.05, 4.69) is 10.2 Å². The number of rotatable bonds is 2. The summed E-state index contributed by atoms with van der Waals surface area (Å²) in [4.78, 5) is 11.9. The second-order valence-electron chi connectivity index (χ2n) is 4.09. The normalized spacial score (nSPS) is 10.6. The molecule has 1 aromatic carbocycles. The minimum atomic E-state index is -0.377. The number of halogens is 1. The molecule has 0 spiro atoms. The first kappa shape index (κ1) is 11.4. The molecule has 94 valence electrons. The Labute approximate surface area is 108 Å². The van der Waals surface area contributed by atoms with Gasteiger partial charge in [0.15, 0.2) is 0 Å². The van der Waals surface area contributed by atoms with E-state index in [1.165, 1.54) is 22.8 Å². The maximum atomic E-state index is 13.2. The third-order valence-corrected chi connectivity index (χ3v) is 2.83. The van der Waals surface area contributed by atoms with E-state index in [1.54, 1.807) is 36.8 Å². The van der Waals surface area contributed by atoms with Crippen LogP contribution in [-0.2, 0) is 0 Å². The van der Waals surface area contributed by atoms with E-state index in [0.29, 0.717) is 5.69 Å². The average molecular weight is 255 g/mol. The molecule has 0 aliphatic carbocycles. The van der Waals surface area contributed by atoms with Gasteiger partial charge in [-0.3, -0.25) is 14.5 Å². The number of aromatic amines is 1. The van der Waals surface area contributed by atoms with Crippen LogP contribution in [0.1, 0.15) is 0 Å². The first-order valence-electron chi connectivity index (χ1n) is 5.72. The minimum absolute atomic E-state index is 0.210. The van der Waals surface area contributed by atoms with Gasteiger partial charge in [0, 0.05) is 29.6 Å². The Bertz CT molecular complexity index is 762. The van der Waals surface area contributed by atoms with Crippen LogP contribution in [0.5, 0.6) is 0 Å². The smallest absolute Gasteiger partial charge is 0.255 e. The van der Waals surface area contributed by atoms with Crippen molar-refractivity contribution >= 4 is 0 Å². The van der Waals surface area contributed by atoms with Gasteiger partial charge in [0.2, 0.25) is 0 Å². The Morgan fingerprint density at radius 2 is 2.05 bits per heavy atom. The molecule has 4 nitrogen and oxygen atoms in total. The van der Waals surface area contributed by atoms with Crippen LogP contribution in [0.4, 0.5) is 4.39 Å². The van der Waals surface area contributed by atoms with E-state index in [1.807, 2.05) is 0 Å². The van der Waals surface area contributed by atoms with E-state index in [0.717, 1.165) is 11.1 Å². The number of H-pyrrole nitrogens is 1. The van der Waals surface area contributed by atoms with Gasteiger partial charge in [0.25, 0.3) is 5.56 Å². The Morgan fingerprint density at radius 1 is 1.16 bits per heavy atom. The first-order valence-corrected chi connectivity index (χ1v) is 5.72. The molecule has 0 aliphatic heterocycles. The molecule has 1 N–H and O–H groups in total. The van der Waals surface area contributed by atoms with Crippen molar-refractivity contribution in [2.75, 3.05) is 0 Å². The van der Waals surface area contributed by atoms with Gasteiger partial charge < -0.3 is 0 Å². The number of pyridine rings is 1. The monoisotopic (exact) mass is 255 g/mol. The highest BCUT2D eigenvalue weighted by molar-refractivity contribution is 5.60. The highest BCUT2D eigenvalue weighted by atomic mass is 19.1. The van der Waals surface area contributed by atoms with E-state index >= 15 is 0 Å². The zero-order valence-corrected chi connectivity index (χ0v) is 9.88. The van der Waals surface area contributed by atoms with Crippen molar-refractivity contribution in [3.8, 4) is 16.8 Å². The Morgan fingerprint density at radius 3 is 2.79 bits per heavy atom. The fourth-order valence-electron chi connectivity index (χ4n) is 1.89. The summed E-state index contributed by atoms with van der Waals surface area (Å²) in [5.41, 5.74) is 1.98. The van der Waals surface area contributed by atoms with Crippen molar-refractivity contribution in [3.05, 3.63) is 71.2 Å². The van der Waals surface area contributed by atoms with Crippen molar-refractivity contribution in [3.63, 3.8) is 0 Å². The summed E-state index contributed by atoms with van der Waals surface area (Å²) >= 11 is 0. The van der Waals surface area contributed by atoms with Gasteiger partial charge in [-0.05, 0) is 24.3 Å². The molecule has 0 saturated carbocycles. The summed E-state index contributed by atoms with van der Waals surface area (Å²) in [7, 11) is 0. The molecular weight excluding hydrogens is 245 g/mol. The summed E-state index contributed by atoms with van der Waals surface area (Å²) < 4.78 is 14.6. The number of aromatic nitrogens is 3. The van der Waals surface area contributed by atoms with E-state index in [9.17, 15) is 9.18 Å². The molecule has 5 heteroatoms. The van der Waals surface area contributed by atoms with Crippen molar-refractivity contribution < 1.29 is 4.39 Å². The Kier molecular flexibility index (Phi) is 2.72. The molecule has 0 saturated heterocycles. The molecule has 0 aliphatic rings. The quantitative estimate of drug-likeness (QED) is 0.764. The summed E-state index contributed by atoms with van der Waals surface area (Å²) in [6.07, 6.45) is 5.06. The number of nitrogens with zero attached hydrogens (tertiary/aromatic N) is 2. The predicted molar refractivity (Wildman–Crippen MR) is 69.6 cm³/mol. The van der Waals surface area contributed by atoms with Crippen molar-refractivity contribution in [2.24, 2.45) is 0 Å². The molecule has 0 bridgehead atoms. The lowest BCUT2D eigenvalue weighted by molar-refractivity contribution is 0.626. The summed E-state index contributed by atoms with van der Waals surface area (Å²) in [5, 5.41) is 6.58. The maximum absolute atomic E-state index is 13.2. The van der Waals surface area contributed by atoms with Gasteiger partial charge in [-0.1, -0.05) is 6.07 Å².